The van der Waals surface area contributed by atoms with E-state index in [4.69, 9.17) is 11.6 Å². The Kier molecular flexibility index (Phi) is 6.21. The second-order valence-corrected chi connectivity index (χ2v) is 4.85. The molecule has 3 heterocycles. The molecule has 0 unspecified atom stereocenters. The number of fused-ring (bicyclic) bond motifs is 3. The second-order valence-electron chi connectivity index (χ2n) is 4.42. The number of tetrazole rings is 1. The van der Waals surface area contributed by atoms with Gasteiger partial charge in [0.15, 0.2) is 5.65 Å². The third-order valence-electron chi connectivity index (χ3n) is 3.20. The number of pyridine rings is 2. The van der Waals surface area contributed by atoms with Gasteiger partial charge in [0.2, 0.25) is 0 Å². The zero-order chi connectivity index (χ0) is 17.5. The Bertz CT molecular complexity index is 919. The Morgan fingerprint density at radius 1 is 1.00 bits per heavy atom. The van der Waals surface area contributed by atoms with E-state index in [1.54, 1.807) is 16.9 Å². The average molecular weight is 342 g/mol. The molecule has 4 rings (SSSR count). The second kappa shape index (κ2) is 8.36. The van der Waals surface area contributed by atoms with Crippen molar-refractivity contribution in [1.29, 1.82) is 0 Å². The molecular formula is C18H20ClN5. The molecule has 0 radical (unpaired) electrons. The topological polar surface area (TPSA) is 56.0 Å². The van der Waals surface area contributed by atoms with Gasteiger partial charge in [-0.3, -0.25) is 4.98 Å². The number of halogens is 1. The smallest absolute Gasteiger partial charge is 0.187 e. The summed E-state index contributed by atoms with van der Waals surface area (Å²) in [6, 6.07) is 11.6. The Balaban J connectivity index is 0.000000487. The third-order valence-corrected chi connectivity index (χ3v) is 3.44. The summed E-state index contributed by atoms with van der Waals surface area (Å²) < 4.78 is 1.70. The zero-order valence-corrected chi connectivity index (χ0v) is 15.0. The van der Waals surface area contributed by atoms with Gasteiger partial charge in [0.1, 0.15) is 0 Å². The first-order valence-corrected chi connectivity index (χ1v) is 8.41. The van der Waals surface area contributed by atoms with Gasteiger partial charge in [-0.2, -0.15) is 4.52 Å². The molecule has 24 heavy (non-hydrogen) atoms. The van der Waals surface area contributed by atoms with E-state index in [9.17, 15) is 0 Å². The van der Waals surface area contributed by atoms with Crippen LogP contribution in [0.5, 0.6) is 0 Å². The number of rotatable bonds is 1. The maximum absolute atomic E-state index is 6.05. The van der Waals surface area contributed by atoms with Crippen LogP contribution < -0.4 is 0 Å². The standard InChI is InChI=1S/C14H8ClN5.2C2H6/c15-11-4-3-9-6-12(10-2-1-5-16-8-10)14-17-18-19-20(14)13(9)7-11;2*1-2/h1-8H;2*1-2H3. The lowest BCUT2D eigenvalue weighted by atomic mass is 10.1. The molecule has 124 valence electrons. The normalized spacial score (nSPS) is 9.88. The molecule has 0 aliphatic carbocycles. The van der Waals surface area contributed by atoms with Crippen molar-refractivity contribution in [1.82, 2.24) is 25.0 Å². The molecule has 0 aliphatic rings. The van der Waals surface area contributed by atoms with Gasteiger partial charge in [0.05, 0.1) is 5.52 Å². The third kappa shape index (κ3) is 3.36. The van der Waals surface area contributed by atoms with Crippen molar-refractivity contribution in [2.24, 2.45) is 0 Å². The highest BCUT2D eigenvalue weighted by Gasteiger charge is 2.11. The molecule has 0 saturated heterocycles. The van der Waals surface area contributed by atoms with Crippen LogP contribution in [-0.4, -0.2) is 25.0 Å². The molecule has 0 amide bonds. The molecule has 0 N–H and O–H groups in total. The maximum atomic E-state index is 6.05. The molecule has 3 aromatic heterocycles. The first kappa shape index (κ1) is 17.8. The van der Waals surface area contributed by atoms with Crippen LogP contribution in [0.1, 0.15) is 27.7 Å². The number of benzene rings is 1. The molecule has 4 aromatic rings. The summed E-state index contributed by atoms with van der Waals surface area (Å²) in [5, 5.41) is 13.6. The van der Waals surface area contributed by atoms with Gasteiger partial charge in [-0.1, -0.05) is 51.4 Å². The lowest BCUT2D eigenvalue weighted by molar-refractivity contribution is 0.842. The minimum Gasteiger partial charge on any atom is -0.264 e. The van der Waals surface area contributed by atoms with Crippen LogP contribution in [0.15, 0.2) is 48.8 Å². The minimum atomic E-state index is 0.656. The van der Waals surface area contributed by atoms with Crippen molar-refractivity contribution in [3.63, 3.8) is 0 Å². The summed E-state index contributed by atoms with van der Waals surface area (Å²) in [7, 11) is 0. The molecule has 6 heteroatoms. The van der Waals surface area contributed by atoms with E-state index in [2.05, 4.69) is 20.5 Å². The number of hydrogen-bond acceptors (Lipinski definition) is 4. The SMILES string of the molecule is CC.CC.Clc1ccc2cc(-c3cccnc3)c3nnnn3c2c1. The van der Waals surface area contributed by atoms with Crippen LogP contribution in [0.25, 0.3) is 27.7 Å². The van der Waals surface area contributed by atoms with Crippen molar-refractivity contribution in [3.05, 3.63) is 53.8 Å². The van der Waals surface area contributed by atoms with Gasteiger partial charge < -0.3 is 0 Å². The molecule has 5 nitrogen and oxygen atoms in total. The van der Waals surface area contributed by atoms with Crippen molar-refractivity contribution < 1.29 is 0 Å². The van der Waals surface area contributed by atoms with Crippen LogP contribution in [-0.2, 0) is 0 Å². The predicted octanol–water partition coefficient (Wildman–Crippen LogP) is 5.05. The average Bonchev–Trinajstić information content (AvgIpc) is 3.15. The molecule has 1 aromatic carbocycles. The molecule has 0 saturated carbocycles. The van der Waals surface area contributed by atoms with Gasteiger partial charge in [-0.25, -0.2) is 0 Å². The van der Waals surface area contributed by atoms with E-state index < -0.39 is 0 Å². The lowest BCUT2D eigenvalue weighted by Crippen LogP contribution is -1.94. The van der Waals surface area contributed by atoms with Crippen LogP contribution in [0.2, 0.25) is 5.02 Å². The van der Waals surface area contributed by atoms with Crippen LogP contribution in [0, 0.1) is 0 Å². The summed E-state index contributed by atoms with van der Waals surface area (Å²) >= 11 is 6.05. The molecule has 0 spiro atoms. The zero-order valence-electron chi connectivity index (χ0n) is 14.2. The van der Waals surface area contributed by atoms with Crippen molar-refractivity contribution in [2.45, 2.75) is 27.7 Å². The number of nitrogens with zero attached hydrogens (tertiary/aromatic N) is 5. The molecular weight excluding hydrogens is 322 g/mol. The molecule has 0 fully saturated rings. The quantitative estimate of drug-likeness (QED) is 0.486. The molecule has 0 atom stereocenters. The van der Waals surface area contributed by atoms with E-state index in [1.807, 2.05) is 64.1 Å². The Hall–Kier alpha value is -2.53. The van der Waals surface area contributed by atoms with Gasteiger partial charge in [0.25, 0.3) is 0 Å². The van der Waals surface area contributed by atoms with E-state index >= 15 is 0 Å². The maximum Gasteiger partial charge on any atom is 0.187 e. The summed E-state index contributed by atoms with van der Waals surface area (Å²) in [4.78, 5) is 4.15. The van der Waals surface area contributed by atoms with E-state index in [-0.39, 0.29) is 0 Å². The van der Waals surface area contributed by atoms with Gasteiger partial charge in [-0.15, -0.1) is 5.10 Å². The Morgan fingerprint density at radius 2 is 1.79 bits per heavy atom. The first-order valence-electron chi connectivity index (χ1n) is 8.04. The van der Waals surface area contributed by atoms with Crippen molar-refractivity contribution in [2.75, 3.05) is 0 Å². The van der Waals surface area contributed by atoms with Crippen molar-refractivity contribution >= 4 is 28.2 Å². The van der Waals surface area contributed by atoms with Crippen LogP contribution in [0.3, 0.4) is 0 Å². The summed E-state index contributed by atoms with van der Waals surface area (Å²) in [5.41, 5.74) is 3.49. The monoisotopic (exact) mass is 341 g/mol. The largest absolute Gasteiger partial charge is 0.264 e. The number of hydrogen-bond donors (Lipinski definition) is 0. The van der Waals surface area contributed by atoms with E-state index in [0.717, 1.165) is 22.0 Å². The summed E-state index contributed by atoms with van der Waals surface area (Å²) in [6.07, 6.45) is 3.54. The van der Waals surface area contributed by atoms with E-state index in [1.165, 1.54) is 0 Å². The first-order chi connectivity index (χ1) is 11.8. The summed E-state index contributed by atoms with van der Waals surface area (Å²) in [5.74, 6) is 0. The predicted molar refractivity (Wildman–Crippen MR) is 99.2 cm³/mol. The fourth-order valence-electron chi connectivity index (χ4n) is 2.29. The highest BCUT2D eigenvalue weighted by atomic mass is 35.5. The van der Waals surface area contributed by atoms with Gasteiger partial charge in [-0.05, 0) is 34.7 Å². The van der Waals surface area contributed by atoms with Gasteiger partial charge >= 0.3 is 0 Å². The minimum absolute atomic E-state index is 0.656. The van der Waals surface area contributed by atoms with Crippen molar-refractivity contribution in [3.8, 4) is 11.1 Å². The Labute approximate surface area is 146 Å². The fourth-order valence-corrected chi connectivity index (χ4v) is 2.46. The highest BCUT2D eigenvalue weighted by Crippen LogP contribution is 2.28. The highest BCUT2D eigenvalue weighted by molar-refractivity contribution is 6.31. The molecule has 0 bridgehead atoms. The van der Waals surface area contributed by atoms with Gasteiger partial charge in [0, 0.05) is 33.9 Å². The van der Waals surface area contributed by atoms with E-state index in [0.29, 0.717) is 10.7 Å². The van der Waals surface area contributed by atoms with Crippen LogP contribution in [0.4, 0.5) is 0 Å². The summed E-state index contributed by atoms with van der Waals surface area (Å²) in [6.45, 7) is 8.00. The Morgan fingerprint density at radius 3 is 2.50 bits per heavy atom. The molecule has 0 aliphatic heterocycles. The number of aromatic nitrogens is 5. The fraction of sp³-hybridized carbons (Fsp3) is 0.222. The van der Waals surface area contributed by atoms with Crippen LogP contribution >= 0.6 is 11.6 Å². The lowest BCUT2D eigenvalue weighted by Gasteiger charge is -2.06.